The minimum absolute atomic E-state index is 0.118. The smallest absolute Gasteiger partial charge is 0.274 e. The number of nitrogens with zero attached hydrogens (tertiary/aromatic N) is 1. The number of nitrogens with two attached hydrogens (primary N) is 2. The third kappa shape index (κ3) is 4.78. The molecule has 0 saturated heterocycles. The lowest BCUT2D eigenvalue weighted by Crippen LogP contribution is -2.25. The molecule has 0 saturated carbocycles. The predicted octanol–water partition coefficient (Wildman–Crippen LogP) is 0.00320. The van der Waals surface area contributed by atoms with Gasteiger partial charge in [0.05, 0.1) is 6.61 Å². The summed E-state index contributed by atoms with van der Waals surface area (Å²) in [6, 6.07) is 9.53. The Kier molecular flexibility index (Phi) is 4.30. The van der Waals surface area contributed by atoms with Gasteiger partial charge in [-0.2, -0.15) is 4.99 Å². The number of hydrogen-bond donors (Lipinski definition) is 2. The van der Waals surface area contributed by atoms with Gasteiger partial charge in [-0.3, -0.25) is 4.79 Å². The first-order valence-corrected chi connectivity index (χ1v) is 4.42. The lowest BCUT2D eigenvalue weighted by atomic mass is 10.2. The maximum atomic E-state index is 11.0. The van der Waals surface area contributed by atoms with Crippen LogP contribution in [-0.4, -0.2) is 18.5 Å². The summed E-state index contributed by atoms with van der Waals surface area (Å²) in [5.74, 6) is -0.728. The van der Waals surface area contributed by atoms with Gasteiger partial charge in [0.2, 0.25) is 0 Å². The molecule has 1 amide bonds. The Bertz CT molecular complexity index is 345. The molecule has 0 aliphatic carbocycles. The van der Waals surface area contributed by atoms with Gasteiger partial charge >= 0.3 is 0 Å². The third-order valence-electron chi connectivity index (χ3n) is 1.59. The van der Waals surface area contributed by atoms with Gasteiger partial charge in [-0.1, -0.05) is 30.3 Å². The standard InChI is InChI=1S/C10H13N3O2/c11-10(12)13-9(14)7-15-6-8-4-2-1-3-5-8/h1-5H,6-7H2,(H4,11,12,13,14). The van der Waals surface area contributed by atoms with Gasteiger partial charge in [-0.15, -0.1) is 0 Å². The van der Waals surface area contributed by atoms with Gasteiger partial charge in [-0.05, 0) is 5.56 Å². The number of carbonyl (C=O) groups is 1. The average molecular weight is 207 g/mol. The van der Waals surface area contributed by atoms with E-state index in [2.05, 4.69) is 4.99 Å². The topological polar surface area (TPSA) is 90.7 Å². The van der Waals surface area contributed by atoms with Crippen molar-refractivity contribution in [3.8, 4) is 0 Å². The molecule has 1 aromatic carbocycles. The van der Waals surface area contributed by atoms with Crippen LogP contribution in [0.1, 0.15) is 5.56 Å². The SMILES string of the molecule is NC(N)=NC(=O)COCc1ccccc1. The van der Waals surface area contributed by atoms with E-state index in [9.17, 15) is 4.79 Å². The van der Waals surface area contributed by atoms with Crippen LogP contribution in [0.3, 0.4) is 0 Å². The third-order valence-corrected chi connectivity index (χ3v) is 1.59. The second kappa shape index (κ2) is 5.77. The number of aliphatic imine (C=N–C) groups is 1. The van der Waals surface area contributed by atoms with E-state index in [0.717, 1.165) is 5.56 Å². The first-order valence-electron chi connectivity index (χ1n) is 4.42. The van der Waals surface area contributed by atoms with Crippen LogP contribution in [0.2, 0.25) is 0 Å². The van der Waals surface area contributed by atoms with Gasteiger partial charge in [-0.25, -0.2) is 0 Å². The Morgan fingerprint density at radius 2 is 1.93 bits per heavy atom. The molecule has 0 unspecified atom stereocenters. The normalized spacial score (nSPS) is 9.60. The molecule has 1 rings (SSSR count). The number of benzene rings is 1. The number of carbonyl (C=O) groups excluding carboxylic acids is 1. The van der Waals surface area contributed by atoms with E-state index in [1.807, 2.05) is 30.3 Å². The van der Waals surface area contributed by atoms with Gasteiger partial charge in [0.25, 0.3) is 5.91 Å². The summed E-state index contributed by atoms with van der Waals surface area (Å²) in [6.45, 7) is 0.249. The fourth-order valence-electron chi connectivity index (χ4n) is 1.01. The molecule has 0 spiro atoms. The lowest BCUT2D eigenvalue weighted by Gasteiger charge is -2.01. The maximum Gasteiger partial charge on any atom is 0.274 e. The van der Waals surface area contributed by atoms with E-state index < -0.39 is 5.91 Å². The highest BCUT2D eigenvalue weighted by Crippen LogP contribution is 2.00. The van der Waals surface area contributed by atoms with Crippen LogP contribution in [0, 0.1) is 0 Å². The molecule has 0 bridgehead atoms. The zero-order valence-corrected chi connectivity index (χ0v) is 8.22. The highest BCUT2D eigenvalue weighted by atomic mass is 16.5. The Morgan fingerprint density at radius 3 is 2.53 bits per heavy atom. The molecular formula is C10H13N3O2. The van der Waals surface area contributed by atoms with Gasteiger partial charge in [0.15, 0.2) is 5.96 Å². The van der Waals surface area contributed by atoms with Gasteiger partial charge in [0, 0.05) is 0 Å². The maximum absolute atomic E-state index is 11.0. The molecule has 0 atom stereocenters. The summed E-state index contributed by atoms with van der Waals surface area (Å²) < 4.78 is 5.11. The first kappa shape index (κ1) is 11.2. The predicted molar refractivity (Wildman–Crippen MR) is 56.9 cm³/mol. The van der Waals surface area contributed by atoms with Crippen LogP contribution in [-0.2, 0) is 16.1 Å². The number of rotatable bonds is 4. The second-order valence-corrected chi connectivity index (χ2v) is 2.91. The van der Waals surface area contributed by atoms with E-state index in [1.165, 1.54) is 0 Å². The van der Waals surface area contributed by atoms with E-state index in [4.69, 9.17) is 16.2 Å². The molecule has 1 aromatic rings. The summed E-state index contributed by atoms with van der Waals surface area (Å²) in [7, 11) is 0. The van der Waals surface area contributed by atoms with Gasteiger partial charge < -0.3 is 16.2 Å². The highest BCUT2D eigenvalue weighted by molar-refractivity contribution is 5.91. The van der Waals surface area contributed by atoms with Crippen LogP contribution in [0.25, 0.3) is 0 Å². The van der Waals surface area contributed by atoms with Crippen molar-refractivity contribution in [2.24, 2.45) is 16.5 Å². The minimum atomic E-state index is -0.481. The molecule has 0 radical (unpaired) electrons. The summed E-state index contributed by atoms with van der Waals surface area (Å²) >= 11 is 0. The number of ether oxygens (including phenoxy) is 1. The van der Waals surface area contributed by atoms with Crippen LogP contribution in [0.5, 0.6) is 0 Å². The Labute approximate surface area is 87.7 Å². The molecule has 0 heterocycles. The molecular weight excluding hydrogens is 194 g/mol. The van der Waals surface area contributed by atoms with Crippen LogP contribution >= 0.6 is 0 Å². The number of amides is 1. The van der Waals surface area contributed by atoms with Crippen molar-refractivity contribution >= 4 is 11.9 Å². The molecule has 4 N–H and O–H groups in total. The monoisotopic (exact) mass is 207 g/mol. The van der Waals surface area contributed by atoms with Crippen molar-refractivity contribution in [3.05, 3.63) is 35.9 Å². The number of guanidine groups is 1. The summed E-state index contributed by atoms with van der Waals surface area (Å²) in [4.78, 5) is 14.3. The summed E-state index contributed by atoms with van der Waals surface area (Å²) in [6.07, 6.45) is 0. The molecule has 80 valence electrons. The van der Waals surface area contributed by atoms with E-state index >= 15 is 0 Å². The molecule has 5 nitrogen and oxygen atoms in total. The summed E-state index contributed by atoms with van der Waals surface area (Å²) in [5.41, 5.74) is 11.1. The molecule has 15 heavy (non-hydrogen) atoms. The Balaban J connectivity index is 2.28. The van der Waals surface area contributed by atoms with E-state index in [0.29, 0.717) is 6.61 Å². The van der Waals surface area contributed by atoms with Crippen molar-refractivity contribution in [2.75, 3.05) is 6.61 Å². The Morgan fingerprint density at radius 1 is 1.27 bits per heavy atom. The molecule has 0 aliphatic rings. The molecule has 0 fully saturated rings. The minimum Gasteiger partial charge on any atom is -0.370 e. The van der Waals surface area contributed by atoms with Crippen molar-refractivity contribution in [3.63, 3.8) is 0 Å². The number of hydrogen-bond acceptors (Lipinski definition) is 2. The summed E-state index contributed by atoms with van der Waals surface area (Å²) in [5, 5.41) is 0. The van der Waals surface area contributed by atoms with Crippen LogP contribution < -0.4 is 11.5 Å². The fourth-order valence-corrected chi connectivity index (χ4v) is 1.01. The highest BCUT2D eigenvalue weighted by Gasteiger charge is 1.99. The molecule has 5 heteroatoms. The fraction of sp³-hybridized carbons (Fsp3) is 0.200. The van der Waals surface area contributed by atoms with Crippen molar-refractivity contribution in [1.82, 2.24) is 0 Å². The van der Waals surface area contributed by atoms with E-state index in [1.54, 1.807) is 0 Å². The molecule has 0 aliphatic heterocycles. The average Bonchev–Trinajstić information content (AvgIpc) is 2.18. The Hall–Kier alpha value is -1.88. The molecule has 0 aromatic heterocycles. The van der Waals surface area contributed by atoms with Gasteiger partial charge in [0.1, 0.15) is 6.61 Å². The van der Waals surface area contributed by atoms with Crippen molar-refractivity contribution in [1.29, 1.82) is 0 Å². The quantitative estimate of drug-likeness (QED) is 0.537. The van der Waals surface area contributed by atoms with Crippen LogP contribution in [0.4, 0.5) is 0 Å². The second-order valence-electron chi connectivity index (χ2n) is 2.91. The van der Waals surface area contributed by atoms with Crippen LogP contribution in [0.15, 0.2) is 35.3 Å². The van der Waals surface area contributed by atoms with Crippen molar-refractivity contribution in [2.45, 2.75) is 6.61 Å². The van der Waals surface area contributed by atoms with Crippen molar-refractivity contribution < 1.29 is 9.53 Å². The first-order chi connectivity index (χ1) is 7.18. The largest absolute Gasteiger partial charge is 0.370 e. The lowest BCUT2D eigenvalue weighted by molar-refractivity contribution is -0.122. The zero-order valence-electron chi connectivity index (χ0n) is 8.22. The van der Waals surface area contributed by atoms with E-state index in [-0.39, 0.29) is 12.6 Å². The zero-order chi connectivity index (χ0) is 11.1.